The molecular formula is C15H20O4. The second-order valence-electron chi connectivity index (χ2n) is 5.01. The van der Waals surface area contributed by atoms with Gasteiger partial charge >= 0.3 is 5.97 Å². The second-order valence-corrected chi connectivity index (χ2v) is 5.01. The molecule has 1 unspecified atom stereocenters. The van der Waals surface area contributed by atoms with Crippen molar-refractivity contribution in [1.29, 1.82) is 0 Å². The van der Waals surface area contributed by atoms with Crippen molar-refractivity contribution in [2.75, 3.05) is 0 Å². The number of carboxylic acids is 1. The zero-order chi connectivity index (χ0) is 15.1. The fourth-order valence-corrected chi connectivity index (χ4v) is 1.74. The molecule has 0 amide bonds. The van der Waals surface area contributed by atoms with Gasteiger partial charge in [0.25, 0.3) is 0 Å². The predicted octanol–water partition coefficient (Wildman–Crippen LogP) is 1.94. The number of aliphatic hydroxyl groups is 1. The van der Waals surface area contributed by atoms with Gasteiger partial charge in [-0.15, -0.1) is 0 Å². The number of hydrogen-bond donors (Lipinski definition) is 2. The van der Waals surface area contributed by atoms with E-state index < -0.39 is 11.6 Å². The highest BCUT2D eigenvalue weighted by Gasteiger charge is 2.41. The summed E-state index contributed by atoms with van der Waals surface area (Å²) in [5, 5.41) is 19.0. The van der Waals surface area contributed by atoms with Crippen LogP contribution in [0.3, 0.4) is 0 Å². The van der Waals surface area contributed by atoms with Gasteiger partial charge in [0, 0.05) is 17.1 Å². The van der Waals surface area contributed by atoms with Crippen LogP contribution in [0, 0.1) is 17.3 Å². The van der Waals surface area contributed by atoms with Crippen molar-refractivity contribution in [1.82, 2.24) is 0 Å². The van der Waals surface area contributed by atoms with Gasteiger partial charge < -0.3 is 15.0 Å². The maximum absolute atomic E-state index is 10.4. The molecular weight excluding hydrogens is 244 g/mol. The normalized spacial score (nSPS) is 24.5. The van der Waals surface area contributed by atoms with Crippen LogP contribution < -0.4 is 0 Å². The fourth-order valence-electron chi connectivity index (χ4n) is 1.74. The van der Waals surface area contributed by atoms with Crippen molar-refractivity contribution >= 4 is 12.8 Å². The van der Waals surface area contributed by atoms with Crippen LogP contribution in [0.25, 0.3) is 0 Å². The predicted molar refractivity (Wildman–Crippen MR) is 73.4 cm³/mol. The summed E-state index contributed by atoms with van der Waals surface area (Å²) >= 11 is 0. The fraction of sp³-hybridized carbons (Fsp3) is 0.467. The first kappa shape index (κ1) is 17.1. The molecule has 104 valence electrons. The Morgan fingerprint density at radius 2 is 2.00 bits per heavy atom. The molecule has 1 atom stereocenters. The van der Waals surface area contributed by atoms with E-state index in [9.17, 15) is 9.90 Å². The molecule has 0 fully saturated rings. The molecule has 1 rings (SSSR count). The summed E-state index contributed by atoms with van der Waals surface area (Å²) in [7, 11) is 0. The third kappa shape index (κ3) is 4.72. The third-order valence-corrected chi connectivity index (χ3v) is 3.12. The lowest BCUT2D eigenvalue weighted by atomic mass is 9.69. The Labute approximate surface area is 113 Å². The van der Waals surface area contributed by atoms with Crippen LogP contribution in [0.15, 0.2) is 23.8 Å². The first-order chi connectivity index (χ1) is 8.77. The van der Waals surface area contributed by atoms with Gasteiger partial charge in [-0.25, -0.2) is 4.79 Å². The Balaban J connectivity index is 0.00000154. The first-order valence-corrected chi connectivity index (χ1v) is 5.90. The Hall–Kier alpha value is -1.86. The number of allylic oxidation sites excluding steroid dienone is 2. The molecule has 0 aliphatic heterocycles. The summed E-state index contributed by atoms with van der Waals surface area (Å²) in [6.45, 7) is 7.53. The highest BCUT2D eigenvalue weighted by atomic mass is 16.4. The summed E-state index contributed by atoms with van der Waals surface area (Å²) in [4.78, 5) is 18.4. The van der Waals surface area contributed by atoms with Crippen LogP contribution >= 0.6 is 0 Å². The molecule has 1 aliphatic carbocycles. The number of carbonyl (C=O) groups excluding carboxylic acids is 1. The molecule has 1 aliphatic rings. The van der Waals surface area contributed by atoms with E-state index in [-0.39, 0.29) is 5.41 Å². The van der Waals surface area contributed by atoms with Crippen LogP contribution in [-0.2, 0) is 9.59 Å². The van der Waals surface area contributed by atoms with E-state index in [1.807, 2.05) is 26.7 Å². The van der Waals surface area contributed by atoms with Crippen molar-refractivity contribution < 1.29 is 19.8 Å². The SMILES string of the molecule is C/C(C#CC1(O)C=CCCC1(C)C)=C\C(=O)O.C=O. The monoisotopic (exact) mass is 264 g/mol. The number of carboxylic acid groups (broad SMARTS) is 1. The van der Waals surface area contributed by atoms with Crippen LogP contribution in [0.4, 0.5) is 0 Å². The smallest absolute Gasteiger partial charge is 0.329 e. The van der Waals surface area contributed by atoms with Crippen molar-refractivity contribution in [2.24, 2.45) is 5.41 Å². The van der Waals surface area contributed by atoms with E-state index in [1.165, 1.54) is 0 Å². The third-order valence-electron chi connectivity index (χ3n) is 3.12. The van der Waals surface area contributed by atoms with Gasteiger partial charge in [0.05, 0.1) is 0 Å². The molecule has 2 N–H and O–H groups in total. The Morgan fingerprint density at radius 3 is 2.47 bits per heavy atom. The lowest BCUT2D eigenvalue weighted by molar-refractivity contribution is -0.131. The molecule has 0 radical (unpaired) electrons. The zero-order valence-electron chi connectivity index (χ0n) is 11.6. The van der Waals surface area contributed by atoms with Gasteiger partial charge in [-0.3, -0.25) is 0 Å². The van der Waals surface area contributed by atoms with E-state index >= 15 is 0 Å². The largest absolute Gasteiger partial charge is 0.478 e. The Bertz CT molecular complexity index is 449. The van der Waals surface area contributed by atoms with Crippen LogP contribution in [0.2, 0.25) is 0 Å². The minimum atomic E-state index is -1.18. The summed E-state index contributed by atoms with van der Waals surface area (Å²) in [6.07, 6.45) is 6.45. The highest BCUT2D eigenvalue weighted by molar-refractivity contribution is 5.81. The Kier molecular flexibility index (Phi) is 6.23. The van der Waals surface area contributed by atoms with Gasteiger partial charge in [-0.2, -0.15) is 0 Å². The van der Waals surface area contributed by atoms with Crippen molar-refractivity contribution in [3.05, 3.63) is 23.8 Å². The highest BCUT2D eigenvalue weighted by Crippen LogP contribution is 2.39. The summed E-state index contributed by atoms with van der Waals surface area (Å²) in [6, 6.07) is 0. The zero-order valence-corrected chi connectivity index (χ0v) is 11.6. The Morgan fingerprint density at radius 1 is 1.42 bits per heavy atom. The summed E-state index contributed by atoms with van der Waals surface area (Å²) in [5.41, 5.74) is -1.07. The van der Waals surface area contributed by atoms with Crippen LogP contribution in [0.5, 0.6) is 0 Å². The molecule has 0 aromatic rings. The molecule has 0 saturated carbocycles. The van der Waals surface area contributed by atoms with E-state index in [0.29, 0.717) is 5.57 Å². The quantitative estimate of drug-likeness (QED) is 0.431. The van der Waals surface area contributed by atoms with Gasteiger partial charge in [0.15, 0.2) is 0 Å². The van der Waals surface area contributed by atoms with Gasteiger partial charge in [0.1, 0.15) is 12.4 Å². The lowest BCUT2D eigenvalue weighted by Crippen LogP contribution is -2.43. The van der Waals surface area contributed by atoms with Crippen molar-refractivity contribution in [3.63, 3.8) is 0 Å². The van der Waals surface area contributed by atoms with E-state index in [4.69, 9.17) is 9.90 Å². The number of carbonyl (C=O) groups is 2. The molecule has 0 aromatic carbocycles. The molecule has 0 spiro atoms. The first-order valence-electron chi connectivity index (χ1n) is 5.90. The van der Waals surface area contributed by atoms with Crippen LogP contribution in [0.1, 0.15) is 33.6 Å². The number of aliphatic carboxylic acids is 1. The number of hydrogen-bond acceptors (Lipinski definition) is 3. The van der Waals surface area contributed by atoms with Crippen LogP contribution in [-0.4, -0.2) is 28.6 Å². The maximum Gasteiger partial charge on any atom is 0.329 e. The topological polar surface area (TPSA) is 74.6 Å². The maximum atomic E-state index is 10.4. The molecule has 19 heavy (non-hydrogen) atoms. The molecule has 4 heteroatoms. The van der Waals surface area contributed by atoms with Gasteiger partial charge in [-0.1, -0.05) is 31.8 Å². The lowest BCUT2D eigenvalue weighted by Gasteiger charge is -2.39. The molecule has 0 bridgehead atoms. The van der Waals surface area contributed by atoms with Crippen molar-refractivity contribution in [3.8, 4) is 11.8 Å². The summed E-state index contributed by atoms with van der Waals surface area (Å²) in [5.74, 6) is 4.46. The average molecular weight is 264 g/mol. The standard InChI is InChI=1S/C14H18O3.CH2O/c1-11(10-12(15)16)6-9-14(17)8-5-4-7-13(14,2)3;1-2/h5,8,10,17H,4,7H2,1-3H3,(H,15,16);1H2/b11-10+;. The van der Waals surface area contributed by atoms with E-state index in [2.05, 4.69) is 11.8 Å². The second kappa shape index (κ2) is 6.91. The summed E-state index contributed by atoms with van der Waals surface area (Å²) < 4.78 is 0. The molecule has 0 heterocycles. The van der Waals surface area contributed by atoms with Crippen molar-refractivity contribution in [2.45, 2.75) is 39.2 Å². The van der Waals surface area contributed by atoms with E-state index in [1.54, 1.807) is 13.0 Å². The molecule has 0 aromatic heterocycles. The molecule has 4 nitrogen and oxygen atoms in total. The van der Waals surface area contributed by atoms with Gasteiger partial charge in [0.2, 0.25) is 0 Å². The molecule has 0 saturated heterocycles. The number of rotatable bonds is 1. The average Bonchev–Trinajstić information content (AvgIpc) is 2.33. The minimum Gasteiger partial charge on any atom is -0.478 e. The van der Waals surface area contributed by atoms with E-state index in [0.717, 1.165) is 18.9 Å². The van der Waals surface area contributed by atoms with Gasteiger partial charge in [-0.05, 0) is 25.8 Å². The minimum absolute atomic E-state index is 0.321.